The van der Waals surface area contributed by atoms with Gasteiger partial charge in [0.2, 0.25) is 5.91 Å². The number of aryl methyl sites for hydroxylation is 2. The van der Waals surface area contributed by atoms with E-state index >= 15 is 0 Å². The van der Waals surface area contributed by atoms with Crippen LogP contribution in [-0.4, -0.2) is 53.9 Å². The SMILES string of the molecule is COc1ccc(N2CCN(C(=O)CCn3nc(C)c(Br)c3C)CC2)cc1. The van der Waals surface area contributed by atoms with E-state index in [2.05, 4.69) is 38.1 Å². The zero-order chi connectivity index (χ0) is 18.7. The molecule has 0 saturated carbocycles. The summed E-state index contributed by atoms with van der Waals surface area (Å²) in [7, 11) is 1.67. The molecule has 0 atom stereocenters. The van der Waals surface area contributed by atoms with Crippen molar-refractivity contribution in [3.63, 3.8) is 0 Å². The van der Waals surface area contributed by atoms with E-state index in [4.69, 9.17) is 4.74 Å². The summed E-state index contributed by atoms with van der Waals surface area (Å²) in [6.07, 6.45) is 0.483. The van der Waals surface area contributed by atoms with Gasteiger partial charge in [-0.2, -0.15) is 5.10 Å². The number of carbonyl (C=O) groups is 1. The number of rotatable bonds is 5. The number of methoxy groups -OCH3 is 1. The number of amides is 1. The Balaban J connectivity index is 1.50. The molecule has 1 aliphatic rings. The molecule has 140 valence electrons. The summed E-state index contributed by atoms with van der Waals surface area (Å²) in [5.41, 5.74) is 3.20. The number of piperazine rings is 1. The molecule has 2 heterocycles. The van der Waals surface area contributed by atoms with Crippen molar-refractivity contribution in [2.45, 2.75) is 26.8 Å². The summed E-state index contributed by atoms with van der Waals surface area (Å²) in [5.74, 6) is 1.06. The topological polar surface area (TPSA) is 50.6 Å². The number of nitrogens with zero attached hydrogens (tertiary/aromatic N) is 4. The molecule has 1 amide bonds. The molecule has 1 fully saturated rings. The summed E-state index contributed by atoms with van der Waals surface area (Å²) in [4.78, 5) is 16.8. The number of hydrogen-bond donors (Lipinski definition) is 0. The Hall–Kier alpha value is -2.02. The minimum atomic E-state index is 0.197. The fourth-order valence-electron chi connectivity index (χ4n) is 3.26. The number of carbonyl (C=O) groups excluding carboxylic acids is 1. The first-order valence-corrected chi connectivity index (χ1v) is 9.65. The molecule has 26 heavy (non-hydrogen) atoms. The second-order valence-electron chi connectivity index (χ2n) is 6.52. The molecule has 2 aromatic rings. The van der Waals surface area contributed by atoms with E-state index in [1.54, 1.807) is 7.11 Å². The molecule has 1 aromatic carbocycles. The van der Waals surface area contributed by atoms with Gasteiger partial charge < -0.3 is 14.5 Å². The highest BCUT2D eigenvalue weighted by atomic mass is 79.9. The predicted octanol–water partition coefficient (Wildman–Crippen LogP) is 3.01. The zero-order valence-corrected chi connectivity index (χ0v) is 17.1. The van der Waals surface area contributed by atoms with Gasteiger partial charge in [-0.3, -0.25) is 9.48 Å². The number of halogens is 1. The Morgan fingerprint density at radius 1 is 1.15 bits per heavy atom. The van der Waals surface area contributed by atoms with Crippen molar-refractivity contribution < 1.29 is 9.53 Å². The average Bonchev–Trinajstić information content (AvgIpc) is 2.93. The molecular weight excluding hydrogens is 396 g/mol. The number of aromatic nitrogens is 2. The highest BCUT2D eigenvalue weighted by Gasteiger charge is 2.21. The lowest BCUT2D eigenvalue weighted by atomic mass is 10.2. The van der Waals surface area contributed by atoms with E-state index < -0.39 is 0 Å². The maximum Gasteiger partial charge on any atom is 0.224 e. The fraction of sp³-hybridized carbons (Fsp3) is 0.474. The smallest absolute Gasteiger partial charge is 0.224 e. The van der Waals surface area contributed by atoms with Gasteiger partial charge in [0.05, 0.1) is 23.8 Å². The van der Waals surface area contributed by atoms with Crippen molar-refractivity contribution in [2.75, 3.05) is 38.2 Å². The quantitative estimate of drug-likeness (QED) is 0.745. The van der Waals surface area contributed by atoms with Crippen LogP contribution >= 0.6 is 15.9 Å². The van der Waals surface area contributed by atoms with Gasteiger partial charge in [0.1, 0.15) is 5.75 Å². The predicted molar refractivity (Wildman–Crippen MR) is 106 cm³/mol. The third-order valence-corrected chi connectivity index (χ3v) is 6.05. The molecule has 0 aliphatic carbocycles. The van der Waals surface area contributed by atoms with Crippen molar-refractivity contribution in [3.8, 4) is 5.75 Å². The first kappa shape index (κ1) is 18.8. The maximum absolute atomic E-state index is 12.5. The molecule has 0 radical (unpaired) electrons. The minimum Gasteiger partial charge on any atom is -0.497 e. The monoisotopic (exact) mass is 420 g/mol. The summed E-state index contributed by atoms with van der Waals surface area (Å²) < 4.78 is 8.14. The average molecular weight is 421 g/mol. The van der Waals surface area contributed by atoms with Crippen LogP contribution in [0.3, 0.4) is 0 Å². The molecule has 1 aromatic heterocycles. The van der Waals surface area contributed by atoms with Crippen LogP contribution in [0.15, 0.2) is 28.7 Å². The molecule has 1 saturated heterocycles. The summed E-state index contributed by atoms with van der Waals surface area (Å²) >= 11 is 3.53. The highest BCUT2D eigenvalue weighted by Crippen LogP contribution is 2.22. The van der Waals surface area contributed by atoms with Crippen LogP contribution in [0.25, 0.3) is 0 Å². The maximum atomic E-state index is 12.5. The molecule has 6 nitrogen and oxygen atoms in total. The Kier molecular flexibility index (Phi) is 5.86. The molecule has 3 rings (SSSR count). The second kappa shape index (κ2) is 8.12. The lowest BCUT2D eigenvalue weighted by Gasteiger charge is -2.36. The van der Waals surface area contributed by atoms with Crippen LogP contribution in [0.1, 0.15) is 17.8 Å². The van der Waals surface area contributed by atoms with Gasteiger partial charge in [0, 0.05) is 44.0 Å². The number of hydrogen-bond acceptors (Lipinski definition) is 4. The second-order valence-corrected chi connectivity index (χ2v) is 7.32. The number of anilines is 1. The first-order valence-electron chi connectivity index (χ1n) is 8.86. The molecule has 0 bridgehead atoms. The lowest BCUT2D eigenvalue weighted by Crippen LogP contribution is -2.49. The zero-order valence-electron chi connectivity index (χ0n) is 15.5. The largest absolute Gasteiger partial charge is 0.497 e. The van der Waals surface area contributed by atoms with E-state index in [9.17, 15) is 4.79 Å². The Morgan fingerprint density at radius 3 is 2.35 bits per heavy atom. The third kappa shape index (κ3) is 4.03. The Labute approximate surface area is 162 Å². The van der Waals surface area contributed by atoms with Gasteiger partial charge in [0.25, 0.3) is 0 Å². The summed E-state index contributed by atoms with van der Waals surface area (Å²) in [6.45, 7) is 7.82. The lowest BCUT2D eigenvalue weighted by molar-refractivity contribution is -0.131. The molecular formula is C19H25BrN4O2. The van der Waals surface area contributed by atoms with Crippen LogP contribution in [0.2, 0.25) is 0 Å². The number of ether oxygens (including phenoxy) is 1. The summed E-state index contributed by atoms with van der Waals surface area (Å²) in [6, 6.07) is 8.08. The fourth-order valence-corrected chi connectivity index (χ4v) is 3.54. The van der Waals surface area contributed by atoms with Crippen molar-refractivity contribution in [2.24, 2.45) is 0 Å². The summed E-state index contributed by atoms with van der Waals surface area (Å²) in [5, 5.41) is 4.47. The van der Waals surface area contributed by atoms with Gasteiger partial charge in [-0.05, 0) is 54.0 Å². The first-order chi connectivity index (χ1) is 12.5. The Morgan fingerprint density at radius 2 is 1.81 bits per heavy atom. The van der Waals surface area contributed by atoms with Crippen molar-refractivity contribution in [3.05, 3.63) is 40.1 Å². The molecule has 1 aliphatic heterocycles. The van der Waals surface area contributed by atoms with E-state index in [1.807, 2.05) is 35.6 Å². The normalized spacial score (nSPS) is 14.6. The Bertz CT molecular complexity index is 765. The molecule has 0 unspecified atom stereocenters. The minimum absolute atomic E-state index is 0.197. The third-order valence-electron chi connectivity index (χ3n) is 4.90. The van der Waals surface area contributed by atoms with E-state index in [0.717, 1.165) is 47.8 Å². The van der Waals surface area contributed by atoms with Crippen LogP contribution in [0.5, 0.6) is 5.75 Å². The van der Waals surface area contributed by atoms with Crippen molar-refractivity contribution in [1.82, 2.24) is 14.7 Å². The van der Waals surface area contributed by atoms with Gasteiger partial charge in [0.15, 0.2) is 0 Å². The van der Waals surface area contributed by atoms with Crippen LogP contribution < -0.4 is 9.64 Å². The van der Waals surface area contributed by atoms with E-state index in [0.29, 0.717) is 13.0 Å². The van der Waals surface area contributed by atoms with E-state index in [1.165, 1.54) is 5.69 Å². The van der Waals surface area contributed by atoms with Gasteiger partial charge in [-0.15, -0.1) is 0 Å². The standard InChI is InChI=1S/C19H25BrN4O2/c1-14-19(20)15(2)24(21-14)9-8-18(25)23-12-10-22(11-13-23)16-4-6-17(26-3)7-5-16/h4-7H,8-13H2,1-3H3. The molecule has 0 spiro atoms. The van der Waals surface area contributed by atoms with Crippen molar-refractivity contribution in [1.29, 1.82) is 0 Å². The molecule has 7 heteroatoms. The van der Waals surface area contributed by atoms with Crippen LogP contribution in [0.4, 0.5) is 5.69 Å². The van der Waals surface area contributed by atoms with Crippen LogP contribution in [-0.2, 0) is 11.3 Å². The van der Waals surface area contributed by atoms with Crippen molar-refractivity contribution >= 4 is 27.5 Å². The van der Waals surface area contributed by atoms with Gasteiger partial charge in [-0.25, -0.2) is 0 Å². The van der Waals surface area contributed by atoms with Gasteiger partial charge in [-0.1, -0.05) is 0 Å². The highest BCUT2D eigenvalue weighted by molar-refractivity contribution is 9.10. The van der Waals surface area contributed by atoms with Gasteiger partial charge >= 0.3 is 0 Å². The van der Waals surface area contributed by atoms with E-state index in [-0.39, 0.29) is 5.91 Å². The number of benzene rings is 1. The molecule has 0 N–H and O–H groups in total. The van der Waals surface area contributed by atoms with Crippen LogP contribution in [0, 0.1) is 13.8 Å².